The highest BCUT2D eigenvalue weighted by Crippen LogP contribution is 2.26. The van der Waals surface area contributed by atoms with E-state index in [1.807, 2.05) is 48.5 Å². The van der Waals surface area contributed by atoms with Crippen molar-refractivity contribution >= 4 is 11.8 Å². The van der Waals surface area contributed by atoms with Gasteiger partial charge in [-0.25, -0.2) is 9.97 Å². The van der Waals surface area contributed by atoms with Gasteiger partial charge in [0.05, 0.1) is 11.4 Å². The lowest BCUT2D eigenvalue weighted by Crippen LogP contribution is -2.16. The molecule has 1 aliphatic rings. The van der Waals surface area contributed by atoms with Gasteiger partial charge in [0.15, 0.2) is 5.82 Å². The molecule has 1 aromatic heterocycles. The first-order valence-electron chi connectivity index (χ1n) is 8.07. The minimum atomic E-state index is 0.541. The van der Waals surface area contributed by atoms with Gasteiger partial charge in [0.2, 0.25) is 0 Å². The third-order valence-electron chi connectivity index (χ3n) is 4.26. The first kappa shape index (κ1) is 14.5. The molecule has 116 valence electrons. The molecule has 24 heavy (non-hydrogen) atoms. The van der Waals surface area contributed by atoms with Crippen LogP contribution in [0.1, 0.15) is 23.2 Å². The van der Waals surface area contributed by atoms with Gasteiger partial charge in [-0.05, 0) is 30.1 Å². The maximum Gasteiger partial charge on any atom is 0.159 e. The summed E-state index contributed by atoms with van der Waals surface area (Å²) in [5, 5.41) is 8.50. The maximum absolute atomic E-state index is 8.50. The van der Waals surface area contributed by atoms with Crippen LogP contribution in [0.2, 0.25) is 0 Å². The molecule has 4 rings (SSSR count). The molecule has 0 atom stereocenters. The summed E-state index contributed by atoms with van der Waals surface area (Å²) in [4.78, 5) is 9.17. The average Bonchev–Trinajstić information content (AvgIpc) is 2.65. The minimum absolute atomic E-state index is 0.541. The van der Waals surface area contributed by atoms with Crippen molar-refractivity contribution in [3.8, 4) is 11.4 Å². The summed E-state index contributed by atoms with van der Waals surface area (Å²) in [7, 11) is 0. The molecule has 3 aromatic rings. The lowest BCUT2D eigenvalue weighted by Gasteiger charge is -2.19. The second kappa shape index (κ2) is 6.20. The average molecular weight is 311 g/mol. The predicted molar refractivity (Wildman–Crippen MR) is 97.0 cm³/mol. The summed E-state index contributed by atoms with van der Waals surface area (Å²) in [6, 6.07) is 20.1. The zero-order chi connectivity index (χ0) is 16.4. The van der Waals surface area contributed by atoms with Gasteiger partial charge in [-0.15, -0.1) is 0 Å². The van der Waals surface area contributed by atoms with Crippen LogP contribution in [0.4, 0.5) is 0 Å². The monoisotopic (exact) mass is 311 g/mol. The van der Waals surface area contributed by atoms with Crippen molar-refractivity contribution in [2.75, 3.05) is 0 Å². The summed E-state index contributed by atoms with van der Waals surface area (Å²) in [6.45, 7) is 0. The second-order valence-electron chi connectivity index (χ2n) is 5.88. The number of allylic oxidation sites excluding steroid dienone is 1. The van der Waals surface area contributed by atoms with Crippen molar-refractivity contribution in [1.29, 1.82) is 5.41 Å². The van der Waals surface area contributed by atoms with E-state index in [1.165, 1.54) is 0 Å². The molecule has 0 unspecified atom stereocenters. The number of nitrogens with zero attached hydrogens (tertiary/aromatic N) is 2. The number of aryl methyl sites for hydroxylation is 1. The van der Waals surface area contributed by atoms with Crippen molar-refractivity contribution in [3.63, 3.8) is 0 Å². The van der Waals surface area contributed by atoms with Gasteiger partial charge in [-0.3, -0.25) is 5.41 Å². The number of nitrogens with one attached hydrogen (secondary N) is 1. The first-order chi connectivity index (χ1) is 11.8. The van der Waals surface area contributed by atoms with Crippen LogP contribution in [0.5, 0.6) is 0 Å². The molecule has 0 spiro atoms. The smallest absolute Gasteiger partial charge is 0.159 e. The summed E-state index contributed by atoms with van der Waals surface area (Å²) in [5.41, 5.74) is 5.55. The van der Waals surface area contributed by atoms with Crippen LogP contribution in [-0.4, -0.2) is 15.7 Å². The van der Waals surface area contributed by atoms with E-state index in [2.05, 4.69) is 23.2 Å². The molecular weight excluding hydrogens is 294 g/mol. The Balaban J connectivity index is 1.68. The van der Waals surface area contributed by atoms with Crippen LogP contribution in [0.25, 0.3) is 17.5 Å². The summed E-state index contributed by atoms with van der Waals surface area (Å²) in [6.07, 6.45) is 5.58. The molecule has 1 aliphatic carbocycles. The standard InChI is InChI=1S/C21H17N3/c22-20-17(13-15-7-3-1-4-8-15)11-12-19-18(20)14-23-21(24-19)16-9-5-2-6-10-16/h1-10,13-14,22H,11-12H2. The topological polar surface area (TPSA) is 49.6 Å². The SMILES string of the molecule is N=C1C(=Cc2ccccc2)CCc2nc(-c3ccccc3)ncc21. The molecule has 1 N–H and O–H groups in total. The third-order valence-corrected chi connectivity index (χ3v) is 4.26. The van der Waals surface area contributed by atoms with Crippen LogP contribution in [0, 0.1) is 5.41 Å². The number of fused-ring (bicyclic) bond motifs is 1. The van der Waals surface area contributed by atoms with Gasteiger partial charge in [0.25, 0.3) is 0 Å². The van der Waals surface area contributed by atoms with Crippen molar-refractivity contribution < 1.29 is 0 Å². The molecule has 1 heterocycles. The Bertz CT molecular complexity index is 912. The molecule has 0 saturated carbocycles. The van der Waals surface area contributed by atoms with E-state index >= 15 is 0 Å². The maximum atomic E-state index is 8.50. The lowest BCUT2D eigenvalue weighted by atomic mass is 9.89. The van der Waals surface area contributed by atoms with Crippen LogP contribution in [0.15, 0.2) is 72.4 Å². The fraction of sp³-hybridized carbons (Fsp3) is 0.0952. The zero-order valence-electron chi connectivity index (χ0n) is 13.2. The fourth-order valence-electron chi connectivity index (χ4n) is 2.99. The highest BCUT2D eigenvalue weighted by molar-refractivity contribution is 6.14. The summed E-state index contributed by atoms with van der Waals surface area (Å²) < 4.78 is 0. The van der Waals surface area contributed by atoms with Crippen LogP contribution in [0.3, 0.4) is 0 Å². The highest BCUT2D eigenvalue weighted by Gasteiger charge is 2.21. The van der Waals surface area contributed by atoms with E-state index in [9.17, 15) is 0 Å². The van der Waals surface area contributed by atoms with Crippen molar-refractivity contribution in [2.45, 2.75) is 12.8 Å². The van der Waals surface area contributed by atoms with E-state index in [0.29, 0.717) is 5.71 Å². The normalized spacial score (nSPS) is 15.3. The van der Waals surface area contributed by atoms with Gasteiger partial charge in [0, 0.05) is 17.3 Å². The van der Waals surface area contributed by atoms with Crippen molar-refractivity contribution in [2.24, 2.45) is 0 Å². The Morgan fingerprint density at radius 1 is 0.875 bits per heavy atom. The van der Waals surface area contributed by atoms with Crippen LogP contribution >= 0.6 is 0 Å². The Kier molecular flexibility index (Phi) is 3.75. The quantitative estimate of drug-likeness (QED) is 0.755. The predicted octanol–water partition coefficient (Wildman–Crippen LogP) is 4.54. The third kappa shape index (κ3) is 2.76. The van der Waals surface area contributed by atoms with Gasteiger partial charge in [-0.1, -0.05) is 60.7 Å². The largest absolute Gasteiger partial charge is 0.300 e. The Labute approximate surface area is 141 Å². The number of aromatic nitrogens is 2. The van der Waals surface area contributed by atoms with Crippen molar-refractivity contribution in [1.82, 2.24) is 9.97 Å². The van der Waals surface area contributed by atoms with Crippen LogP contribution < -0.4 is 0 Å². The first-order valence-corrected chi connectivity index (χ1v) is 8.07. The summed E-state index contributed by atoms with van der Waals surface area (Å²) >= 11 is 0. The molecule has 2 aromatic carbocycles. The number of rotatable bonds is 2. The molecule has 3 heteroatoms. The van der Waals surface area contributed by atoms with E-state index in [4.69, 9.17) is 10.4 Å². The minimum Gasteiger partial charge on any atom is -0.300 e. The Morgan fingerprint density at radius 2 is 1.58 bits per heavy atom. The van der Waals surface area contributed by atoms with E-state index < -0.39 is 0 Å². The molecule has 3 nitrogen and oxygen atoms in total. The molecule has 0 fully saturated rings. The summed E-state index contributed by atoms with van der Waals surface area (Å²) in [5.74, 6) is 0.734. The van der Waals surface area contributed by atoms with Crippen molar-refractivity contribution in [3.05, 3.63) is 89.3 Å². The van der Waals surface area contributed by atoms with Gasteiger partial charge >= 0.3 is 0 Å². The molecule has 0 bridgehead atoms. The van der Waals surface area contributed by atoms with Crippen LogP contribution in [-0.2, 0) is 6.42 Å². The van der Waals surface area contributed by atoms with E-state index in [0.717, 1.165) is 46.6 Å². The highest BCUT2D eigenvalue weighted by atomic mass is 14.9. The van der Waals surface area contributed by atoms with E-state index in [1.54, 1.807) is 6.20 Å². The number of benzene rings is 2. The van der Waals surface area contributed by atoms with Gasteiger partial charge in [0.1, 0.15) is 0 Å². The lowest BCUT2D eigenvalue weighted by molar-refractivity contribution is 0.889. The molecule has 0 aliphatic heterocycles. The fourth-order valence-corrected chi connectivity index (χ4v) is 2.99. The number of hydrogen-bond donors (Lipinski definition) is 1. The molecule has 0 saturated heterocycles. The number of hydrogen-bond acceptors (Lipinski definition) is 3. The Hall–Kier alpha value is -3.07. The second-order valence-corrected chi connectivity index (χ2v) is 5.88. The molecule has 0 radical (unpaired) electrons. The van der Waals surface area contributed by atoms with E-state index in [-0.39, 0.29) is 0 Å². The molecule has 0 amide bonds. The molecular formula is C21H17N3. The zero-order valence-corrected chi connectivity index (χ0v) is 13.2. The van der Waals surface area contributed by atoms with Gasteiger partial charge < -0.3 is 0 Å². The Morgan fingerprint density at radius 3 is 2.33 bits per heavy atom. The van der Waals surface area contributed by atoms with Gasteiger partial charge in [-0.2, -0.15) is 0 Å².